The number of anilines is 1. The molecule has 0 unspecified atom stereocenters. The van der Waals surface area contributed by atoms with E-state index in [1.807, 2.05) is 18.2 Å². The van der Waals surface area contributed by atoms with Crippen LogP contribution < -0.4 is 15.4 Å². The van der Waals surface area contributed by atoms with E-state index in [9.17, 15) is 4.79 Å². The fourth-order valence-electron chi connectivity index (χ4n) is 1.62. The maximum absolute atomic E-state index is 10.8. The topological polar surface area (TPSA) is 70.6 Å². The SMILES string of the molecule is COc1ccc(CCNC(C)=O)cc1NCCO. The summed E-state index contributed by atoms with van der Waals surface area (Å²) in [5, 5.41) is 14.7. The summed E-state index contributed by atoms with van der Waals surface area (Å²) in [6.45, 7) is 2.66. The van der Waals surface area contributed by atoms with Gasteiger partial charge < -0.3 is 20.5 Å². The highest BCUT2D eigenvalue weighted by molar-refractivity contribution is 5.72. The molecule has 1 aromatic rings. The van der Waals surface area contributed by atoms with Crippen LogP contribution in [0.2, 0.25) is 0 Å². The highest BCUT2D eigenvalue weighted by atomic mass is 16.5. The lowest BCUT2D eigenvalue weighted by molar-refractivity contribution is -0.118. The Balaban J connectivity index is 2.66. The molecule has 1 rings (SSSR count). The third-order valence-corrected chi connectivity index (χ3v) is 2.48. The number of rotatable bonds is 7. The molecule has 5 heteroatoms. The van der Waals surface area contributed by atoms with Crippen LogP contribution in [0.25, 0.3) is 0 Å². The maximum Gasteiger partial charge on any atom is 0.216 e. The van der Waals surface area contributed by atoms with Crippen LogP contribution in [0.4, 0.5) is 5.69 Å². The molecule has 18 heavy (non-hydrogen) atoms. The average Bonchev–Trinajstić information content (AvgIpc) is 2.36. The molecule has 1 amide bonds. The molecule has 0 aliphatic carbocycles. The lowest BCUT2D eigenvalue weighted by Crippen LogP contribution is -2.22. The van der Waals surface area contributed by atoms with Gasteiger partial charge in [-0.1, -0.05) is 6.07 Å². The van der Waals surface area contributed by atoms with E-state index in [-0.39, 0.29) is 12.5 Å². The molecular weight excluding hydrogens is 232 g/mol. The minimum atomic E-state index is -0.0258. The molecule has 0 saturated heterocycles. The molecule has 0 aromatic heterocycles. The van der Waals surface area contributed by atoms with Crippen LogP contribution in [0, 0.1) is 0 Å². The third-order valence-electron chi connectivity index (χ3n) is 2.48. The van der Waals surface area contributed by atoms with Crippen molar-refractivity contribution >= 4 is 11.6 Å². The molecule has 0 heterocycles. The van der Waals surface area contributed by atoms with Crippen LogP contribution in [0.1, 0.15) is 12.5 Å². The zero-order valence-electron chi connectivity index (χ0n) is 10.8. The second-order valence-corrected chi connectivity index (χ2v) is 3.92. The van der Waals surface area contributed by atoms with E-state index in [1.54, 1.807) is 7.11 Å². The molecule has 0 fully saturated rings. The number of nitrogens with one attached hydrogen (secondary N) is 2. The lowest BCUT2D eigenvalue weighted by atomic mass is 10.1. The minimum absolute atomic E-state index is 0.0258. The van der Waals surface area contributed by atoms with Crippen LogP contribution >= 0.6 is 0 Å². The summed E-state index contributed by atoms with van der Waals surface area (Å²) in [6, 6.07) is 5.81. The second-order valence-electron chi connectivity index (χ2n) is 3.92. The second kappa shape index (κ2) is 7.55. The predicted molar refractivity (Wildman–Crippen MR) is 71.0 cm³/mol. The highest BCUT2D eigenvalue weighted by Crippen LogP contribution is 2.25. The molecule has 0 saturated carbocycles. The Kier molecular flexibility index (Phi) is 6.00. The fraction of sp³-hybridized carbons (Fsp3) is 0.462. The molecule has 0 atom stereocenters. The molecule has 5 nitrogen and oxygen atoms in total. The summed E-state index contributed by atoms with van der Waals surface area (Å²) >= 11 is 0. The molecule has 0 aliphatic rings. The van der Waals surface area contributed by atoms with Gasteiger partial charge in [0, 0.05) is 20.0 Å². The van der Waals surface area contributed by atoms with Gasteiger partial charge in [0.25, 0.3) is 0 Å². The summed E-state index contributed by atoms with van der Waals surface area (Å²) in [5.41, 5.74) is 1.96. The lowest BCUT2D eigenvalue weighted by Gasteiger charge is -2.12. The highest BCUT2D eigenvalue weighted by Gasteiger charge is 2.04. The van der Waals surface area contributed by atoms with Crippen molar-refractivity contribution in [2.24, 2.45) is 0 Å². The van der Waals surface area contributed by atoms with E-state index >= 15 is 0 Å². The van der Waals surface area contributed by atoms with E-state index in [2.05, 4.69) is 10.6 Å². The first-order valence-electron chi connectivity index (χ1n) is 5.93. The normalized spacial score (nSPS) is 9.94. The van der Waals surface area contributed by atoms with Crippen molar-refractivity contribution in [3.8, 4) is 5.75 Å². The molecular formula is C13H20N2O3. The number of hydrogen-bond donors (Lipinski definition) is 3. The molecule has 0 spiro atoms. The van der Waals surface area contributed by atoms with Gasteiger partial charge in [-0.25, -0.2) is 0 Å². The van der Waals surface area contributed by atoms with Crippen LogP contribution in [0.5, 0.6) is 5.75 Å². The number of carbonyl (C=O) groups excluding carboxylic acids is 1. The van der Waals surface area contributed by atoms with Crippen LogP contribution in [-0.2, 0) is 11.2 Å². The monoisotopic (exact) mass is 252 g/mol. The van der Waals surface area contributed by atoms with E-state index in [0.717, 1.165) is 23.4 Å². The number of hydrogen-bond acceptors (Lipinski definition) is 4. The maximum atomic E-state index is 10.8. The number of carbonyl (C=O) groups is 1. The van der Waals surface area contributed by atoms with Crippen LogP contribution in [0.15, 0.2) is 18.2 Å². The van der Waals surface area contributed by atoms with Gasteiger partial charge >= 0.3 is 0 Å². The van der Waals surface area contributed by atoms with Gasteiger partial charge in [0.1, 0.15) is 5.75 Å². The first kappa shape index (κ1) is 14.3. The molecule has 100 valence electrons. The first-order chi connectivity index (χ1) is 8.67. The van der Waals surface area contributed by atoms with E-state index < -0.39 is 0 Å². The Morgan fingerprint density at radius 2 is 2.17 bits per heavy atom. The zero-order valence-corrected chi connectivity index (χ0v) is 10.8. The average molecular weight is 252 g/mol. The van der Waals surface area contributed by atoms with Crippen molar-refractivity contribution in [1.29, 1.82) is 0 Å². The number of ether oxygens (including phenoxy) is 1. The Labute approximate surface area is 107 Å². The van der Waals surface area contributed by atoms with Gasteiger partial charge in [-0.05, 0) is 24.1 Å². The molecule has 3 N–H and O–H groups in total. The fourth-order valence-corrected chi connectivity index (χ4v) is 1.62. The minimum Gasteiger partial charge on any atom is -0.495 e. The number of methoxy groups -OCH3 is 1. The van der Waals surface area contributed by atoms with Gasteiger partial charge in [0.15, 0.2) is 0 Å². The summed E-state index contributed by atoms with van der Waals surface area (Å²) in [7, 11) is 1.61. The van der Waals surface area contributed by atoms with Gasteiger partial charge in [0.2, 0.25) is 5.91 Å². The van der Waals surface area contributed by atoms with Gasteiger partial charge in [0.05, 0.1) is 19.4 Å². The van der Waals surface area contributed by atoms with Crippen LogP contribution in [-0.4, -0.2) is 37.8 Å². The smallest absolute Gasteiger partial charge is 0.216 e. The number of aliphatic hydroxyl groups is 1. The predicted octanol–water partition coefficient (Wildman–Crippen LogP) is 0.778. The van der Waals surface area contributed by atoms with Crippen molar-refractivity contribution < 1.29 is 14.6 Å². The van der Waals surface area contributed by atoms with Crippen molar-refractivity contribution in [1.82, 2.24) is 5.32 Å². The van der Waals surface area contributed by atoms with E-state index in [4.69, 9.17) is 9.84 Å². The summed E-state index contributed by atoms with van der Waals surface area (Å²) in [5.74, 6) is 0.717. The molecule has 0 bridgehead atoms. The van der Waals surface area contributed by atoms with Crippen molar-refractivity contribution in [2.45, 2.75) is 13.3 Å². The van der Waals surface area contributed by atoms with Gasteiger partial charge in [-0.3, -0.25) is 4.79 Å². The Morgan fingerprint density at radius 1 is 1.39 bits per heavy atom. The number of benzene rings is 1. The van der Waals surface area contributed by atoms with E-state index in [1.165, 1.54) is 6.92 Å². The Morgan fingerprint density at radius 3 is 2.78 bits per heavy atom. The molecule has 0 aliphatic heterocycles. The first-order valence-corrected chi connectivity index (χ1v) is 5.93. The van der Waals surface area contributed by atoms with Gasteiger partial charge in [-0.15, -0.1) is 0 Å². The van der Waals surface area contributed by atoms with Crippen molar-refractivity contribution in [2.75, 3.05) is 32.1 Å². The standard InChI is InChI=1S/C13H20N2O3/c1-10(17)14-6-5-11-3-4-13(18-2)12(9-11)15-7-8-16/h3-4,9,15-16H,5-8H2,1-2H3,(H,14,17). The summed E-state index contributed by atoms with van der Waals surface area (Å²) in [6.07, 6.45) is 0.761. The van der Waals surface area contributed by atoms with E-state index in [0.29, 0.717) is 13.1 Å². The number of amides is 1. The largest absolute Gasteiger partial charge is 0.495 e. The van der Waals surface area contributed by atoms with Gasteiger partial charge in [-0.2, -0.15) is 0 Å². The zero-order chi connectivity index (χ0) is 13.4. The molecule has 1 aromatic carbocycles. The number of aliphatic hydroxyl groups excluding tert-OH is 1. The van der Waals surface area contributed by atoms with Crippen molar-refractivity contribution in [3.05, 3.63) is 23.8 Å². The quantitative estimate of drug-likeness (QED) is 0.670. The summed E-state index contributed by atoms with van der Waals surface area (Å²) < 4.78 is 5.23. The molecule has 0 radical (unpaired) electrons. The Bertz CT molecular complexity index is 394. The van der Waals surface area contributed by atoms with Crippen molar-refractivity contribution in [3.63, 3.8) is 0 Å². The third kappa shape index (κ3) is 4.63. The Hall–Kier alpha value is -1.75. The summed E-state index contributed by atoms with van der Waals surface area (Å²) in [4.78, 5) is 10.8. The van der Waals surface area contributed by atoms with Crippen LogP contribution in [0.3, 0.4) is 0 Å².